The first-order chi connectivity index (χ1) is 5.64. The molecule has 12 heavy (non-hydrogen) atoms. The number of hydrogen-bond donors (Lipinski definition) is 0. The van der Waals surface area contributed by atoms with Crippen LogP contribution in [0.4, 0.5) is 0 Å². The molecule has 3 atom stereocenters. The minimum absolute atomic E-state index is 0.300. The van der Waals surface area contributed by atoms with Gasteiger partial charge in [-0.05, 0) is 24.2 Å². The average Bonchev–Trinajstić information content (AvgIpc) is 2.46. The van der Waals surface area contributed by atoms with Gasteiger partial charge in [0.2, 0.25) is 0 Å². The Hall–Kier alpha value is -0.590. The Labute approximate surface area is 72.8 Å². The molecule has 0 aromatic carbocycles. The second-order valence-electron chi connectivity index (χ2n) is 5.14. The zero-order chi connectivity index (χ0) is 8.40. The van der Waals surface area contributed by atoms with Crippen LogP contribution in [-0.2, 0) is 4.79 Å². The van der Waals surface area contributed by atoms with Crippen LogP contribution in [0.3, 0.4) is 0 Å². The van der Waals surface area contributed by atoms with Crippen molar-refractivity contribution >= 4 is 5.78 Å². The van der Waals surface area contributed by atoms with Crippen LogP contribution in [-0.4, -0.2) is 5.78 Å². The van der Waals surface area contributed by atoms with Crippen molar-refractivity contribution < 1.29 is 4.79 Å². The largest absolute Gasteiger partial charge is 0.300 e. The molecule has 2 saturated carbocycles. The number of ketones is 1. The van der Waals surface area contributed by atoms with E-state index in [0.717, 1.165) is 18.8 Å². The number of rotatable bonds is 0. The Bertz CT molecular complexity index is 291. The second-order valence-corrected chi connectivity index (χ2v) is 5.14. The van der Waals surface area contributed by atoms with E-state index in [9.17, 15) is 4.79 Å². The highest BCUT2D eigenvalue weighted by Gasteiger charge is 2.61. The van der Waals surface area contributed by atoms with E-state index in [4.69, 9.17) is 0 Å². The van der Waals surface area contributed by atoms with E-state index in [1.165, 1.54) is 12.8 Å². The van der Waals surface area contributed by atoms with Gasteiger partial charge in [-0.15, -0.1) is 0 Å². The lowest BCUT2D eigenvalue weighted by atomic mass is 9.69. The van der Waals surface area contributed by atoms with Gasteiger partial charge in [-0.2, -0.15) is 0 Å². The molecule has 0 N–H and O–H groups in total. The molecule has 2 bridgehead atoms. The lowest BCUT2D eigenvalue weighted by molar-refractivity contribution is -0.118. The number of Topliss-reactive ketones (excluding diaryl/α,β-unsaturated/α-hetero) is 1. The van der Waals surface area contributed by atoms with Crippen LogP contribution in [0.25, 0.3) is 0 Å². The van der Waals surface area contributed by atoms with Crippen molar-refractivity contribution in [2.45, 2.75) is 32.6 Å². The number of carbonyl (C=O) groups is 1. The fraction of sp³-hybridized carbons (Fsp3) is 0.727. The first kappa shape index (κ1) is 6.88. The molecular weight excluding hydrogens is 148 g/mol. The molecule has 3 unspecified atom stereocenters. The predicted molar refractivity (Wildman–Crippen MR) is 46.6 cm³/mol. The van der Waals surface area contributed by atoms with Gasteiger partial charge in [-0.1, -0.05) is 19.1 Å². The van der Waals surface area contributed by atoms with E-state index in [1.54, 1.807) is 0 Å². The summed E-state index contributed by atoms with van der Waals surface area (Å²) in [4.78, 5) is 11.4. The van der Waals surface area contributed by atoms with Crippen LogP contribution >= 0.6 is 0 Å². The van der Waals surface area contributed by atoms with E-state index in [1.807, 2.05) is 0 Å². The summed E-state index contributed by atoms with van der Waals surface area (Å²) in [6.45, 7) is 2.31. The van der Waals surface area contributed by atoms with Crippen LogP contribution in [0, 0.1) is 16.7 Å². The van der Waals surface area contributed by atoms with Crippen molar-refractivity contribution in [2.24, 2.45) is 16.7 Å². The number of allylic oxidation sites excluding steroid dienone is 2. The van der Waals surface area contributed by atoms with Crippen LogP contribution in [0.2, 0.25) is 0 Å². The summed E-state index contributed by atoms with van der Waals surface area (Å²) in [6, 6.07) is 0. The topological polar surface area (TPSA) is 17.1 Å². The summed E-state index contributed by atoms with van der Waals surface area (Å²) in [7, 11) is 0. The summed E-state index contributed by atoms with van der Waals surface area (Å²) in [6.07, 6.45) is 8.86. The first-order valence-electron chi connectivity index (χ1n) is 4.85. The molecule has 0 aromatic heterocycles. The normalized spacial score (nSPS) is 55.1. The lowest BCUT2D eigenvalue weighted by Crippen LogP contribution is -2.27. The third-order valence-electron chi connectivity index (χ3n) is 4.33. The maximum Gasteiger partial charge on any atom is 0.134 e. The molecule has 3 aliphatic rings. The highest BCUT2D eigenvalue weighted by atomic mass is 16.1. The molecule has 3 aliphatic carbocycles. The van der Waals surface area contributed by atoms with Crippen LogP contribution in [0.5, 0.6) is 0 Å². The zero-order valence-corrected chi connectivity index (χ0v) is 7.47. The summed E-state index contributed by atoms with van der Waals surface area (Å²) in [5.74, 6) is 1.28. The van der Waals surface area contributed by atoms with Crippen molar-refractivity contribution in [1.29, 1.82) is 0 Å². The number of hydrogen-bond acceptors (Lipinski definition) is 1. The molecule has 64 valence electrons. The molecule has 2 fully saturated rings. The fourth-order valence-corrected chi connectivity index (χ4v) is 3.74. The average molecular weight is 162 g/mol. The van der Waals surface area contributed by atoms with Crippen molar-refractivity contribution in [3.8, 4) is 0 Å². The van der Waals surface area contributed by atoms with Gasteiger partial charge in [0.05, 0.1) is 0 Å². The Morgan fingerprint density at radius 1 is 1.42 bits per heavy atom. The van der Waals surface area contributed by atoms with Gasteiger partial charge in [-0.25, -0.2) is 0 Å². The minimum atomic E-state index is 0.300. The molecule has 0 radical (unpaired) electrons. The smallest absolute Gasteiger partial charge is 0.134 e. The van der Waals surface area contributed by atoms with Gasteiger partial charge in [0.15, 0.2) is 0 Å². The molecule has 1 heteroatoms. The van der Waals surface area contributed by atoms with Crippen LogP contribution in [0.15, 0.2) is 12.2 Å². The van der Waals surface area contributed by atoms with Crippen molar-refractivity contribution in [3.63, 3.8) is 0 Å². The Morgan fingerprint density at radius 3 is 2.92 bits per heavy atom. The van der Waals surface area contributed by atoms with E-state index in [0.29, 0.717) is 16.6 Å². The molecule has 0 saturated heterocycles. The fourth-order valence-electron chi connectivity index (χ4n) is 3.74. The lowest BCUT2D eigenvalue weighted by Gasteiger charge is -2.34. The first-order valence-corrected chi connectivity index (χ1v) is 4.85. The predicted octanol–water partition coefficient (Wildman–Crippen LogP) is 2.32. The van der Waals surface area contributed by atoms with E-state index in [2.05, 4.69) is 19.1 Å². The van der Waals surface area contributed by atoms with Crippen molar-refractivity contribution in [1.82, 2.24) is 0 Å². The number of carbonyl (C=O) groups excluding carboxylic acids is 1. The van der Waals surface area contributed by atoms with E-state index < -0.39 is 0 Å². The van der Waals surface area contributed by atoms with Crippen molar-refractivity contribution in [3.05, 3.63) is 12.2 Å². The molecule has 1 spiro atoms. The Morgan fingerprint density at radius 2 is 2.25 bits per heavy atom. The molecule has 0 aromatic rings. The Balaban J connectivity index is 2.13. The standard InChI is InChI=1S/C11H14O/c1-10-4-8-2-3-11(10,5-8)7-9(12)6-10/h2-3,8H,4-7H2,1H3. The van der Waals surface area contributed by atoms with Crippen LogP contribution in [0.1, 0.15) is 32.6 Å². The van der Waals surface area contributed by atoms with Crippen LogP contribution < -0.4 is 0 Å². The minimum Gasteiger partial charge on any atom is -0.300 e. The highest BCUT2D eigenvalue weighted by Crippen LogP contribution is 2.67. The third-order valence-corrected chi connectivity index (χ3v) is 4.33. The van der Waals surface area contributed by atoms with Gasteiger partial charge in [-0.3, -0.25) is 4.79 Å². The molecule has 0 aliphatic heterocycles. The van der Waals surface area contributed by atoms with Gasteiger partial charge >= 0.3 is 0 Å². The molecule has 0 amide bonds. The maximum absolute atomic E-state index is 11.4. The number of fused-ring (bicyclic) bond motifs is 1. The molecule has 3 rings (SSSR count). The molecule has 0 heterocycles. The summed E-state index contributed by atoms with van der Waals surface area (Å²) >= 11 is 0. The highest BCUT2D eigenvalue weighted by molar-refractivity contribution is 5.84. The SMILES string of the molecule is CC12CC(=O)CC13C=CC(C2)C3. The van der Waals surface area contributed by atoms with Gasteiger partial charge < -0.3 is 0 Å². The van der Waals surface area contributed by atoms with Gasteiger partial charge in [0, 0.05) is 18.3 Å². The quantitative estimate of drug-likeness (QED) is 0.499. The summed E-state index contributed by atoms with van der Waals surface area (Å²) in [5.41, 5.74) is 0.637. The van der Waals surface area contributed by atoms with E-state index >= 15 is 0 Å². The van der Waals surface area contributed by atoms with Crippen molar-refractivity contribution in [2.75, 3.05) is 0 Å². The Kier molecular flexibility index (Phi) is 0.964. The molecular formula is C11H14O. The maximum atomic E-state index is 11.4. The summed E-state index contributed by atoms with van der Waals surface area (Å²) in [5, 5.41) is 0. The third kappa shape index (κ3) is 0.562. The monoisotopic (exact) mass is 162 g/mol. The second kappa shape index (κ2) is 1.68. The molecule has 1 nitrogen and oxygen atoms in total. The van der Waals surface area contributed by atoms with Gasteiger partial charge in [0.1, 0.15) is 5.78 Å². The zero-order valence-electron chi connectivity index (χ0n) is 7.47. The van der Waals surface area contributed by atoms with E-state index in [-0.39, 0.29) is 0 Å². The summed E-state index contributed by atoms with van der Waals surface area (Å²) < 4.78 is 0. The van der Waals surface area contributed by atoms with Gasteiger partial charge in [0.25, 0.3) is 0 Å².